The van der Waals surface area contributed by atoms with Gasteiger partial charge in [0.25, 0.3) is 0 Å². The van der Waals surface area contributed by atoms with Crippen molar-refractivity contribution in [3.05, 3.63) is 16.1 Å². The lowest BCUT2D eigenvalue weighted by Crippen LogP contribution is -2.23. The molecule has 0 amide bonds. The number of aryl methyl sites for hydroxylation is 1. The molecule has 0 spiro atoms. The summed E-state index contributed by atoms with van der Waals surface area (Å²) in [5.41, 5.74) is 0. The van der Waals surface area contributed by atoms with Gasteiger partial charge in [0.2, 0.25) is 0 Å². The van der Waals surface area contributed by atoms with Gasteiger partial charge in [-0.15, -0.1) is 11.3 Å². The predicted octanol–water partition coefficient (Wildman–Crippen LogP) is 0.922. The largest absolute Gasteiger partial charge is 0.392 e. The zero-order valence-electron chi connectivity index (χ0n) is 7.37. The van der Waals surface area contributed by atoms with Crippen LogP contribution in [0.2, 0.25) is 0 Å². The van der Waals surface area contributed by atoms with Gasteiger partial charge in [-0.3, -0.25) is 0 Å². The summed E-state index contributed by atoms with van der Waals surface area (Å²) in [6.45, 7) is 5.20. The van der Waals surface area contributed by atoms with Crippen molar-refractivity contribution >= 4 is 11.3 Å². The Hall–Kier alpha value is -0.450. The van der Waals surface area contributed by atoms with Gasteiger partial charge in [-0.05, 0) is 13.8 Å². The van der Waals surface area contributed by atoms with Crippen molar-refractivity contribution in [1.29, 1.82) is 0 Å². The Morgan fingerprint density at radius 3 is 3.00 bits per heavy atom. The number of nitrogens with one attached hydrogen (secondary N) is 1. The first kappa shape index (κ1) is 9.64. The van der Waals surface area contributed by atoms with Crippen molar-refractivity contribution in [3.63, 3.8) is 0 Å². The Morgan fingerprint density at radius 2 is 2.50 bits per heavy atom. The molecule has 68 valence electrons. The van der Waals surface area contributed by atoms with Crippen molar-refractivity contribution in [2.24, 2.45) is 0 Å². The number of aliphatic hydroxyl groups excluding tert-OH is 1. The Bertz CT molecular complexity index is 235. The van der Waals surface area contributed by atoms with E-state index in [2.05, 4.69) is 10.3 Å². The van der Waals surface area contributed by atoms with Gasteiger partial charge in [-0.25, -0.2) is 4.98 Å². The maximum absolute atomic E-state index is 8.96. The zero-order chi connectivity index (χ0) is 8.97. The minimum absolute atomic E-state index is 0.279. The lowest BCUT2D eigenvalue weighted by atomic mass is 10.4. The summed E-state index contributed by atoms with van der Waals surface area (Å²) in [7, 11) is 0. The Kier molecular flexibility index (Phi) is 3.65. The van der Waals surface area contributed by atoms with E-state index in [0.29, 0.717) is 6.54 Å². The predicted molar refractivity (Wildman–Crippen MR) is 50.2 cm³/mol. The third-order valence-electron chi connectivity index (χ3n) is 1.41. The van der Waals surface area contributed by atoms with Crippen LogP contribution in [0, 0.1) is 6.92 Å². The average Bonchev–Trinajstić information content (AvgIpc) is 2.35. The molecular weight excluding hydrogens is 172 g/mol. The second-order valence-electron chi connectivity index (χ2n) is 2.83. The number of hydrogen-bond acceptors (Lipinski definition) is 4. The highest BCUT2D eigenvalue weighted by Gasteiger charge is 1.98. The first-order chi connectivity index (χ1) is 5.68. The fourth-order valence-corrected chi connectivity index (χ4v) is 1.66. The highest BCUT2D eigenvalue weighted by atomic mass is 32.1. The van der Waals surface area contributed by atoms with Crippen molar-refractivity contribution in [1.82, 2.24) is 10.3 Å². The van der Waals surface area contributed by atoms with Gasteiger partial charge in [-0.1, -0.05) is 0 Å². The smallest absolute Gasteiger partial charge is 0.0897 e. The van der Waals surface area contributed by atoms with E-state index in [9.17, 15) is 0 Å². The molecule has 3 nitrogen and oxygen atoms in total. The van der Waals surface area contributed by atoms with Crippen LogP contribution in [0.5, 0.6) is 0 Å². The highest BCUT2D eigenvalue weighted by molar-refractivity contribution is 7.11. The summed E-state index contributed by atoms with van der Waals surface area (Å²) in [6, 6.07) is 0. The van der Waals surface area contributed by atoms with Crippen molar-refractivity contribution in [3.8, 4) is 0 Å². The van der Waals surface area contributed by atoms with E-state index in [1.165, 1.54) is 4.88 Å². The van der Waals surface area contributed by atoms with Gasteiger partial charge in [0.1, 0.15) is 0 Å². The Balaban J connectivity index is 2.24. The number of hydrogen-bond donors (Lipinski definition) is 2. The van der Waals surface area contributed by atoms with Crippen LogP contribution >= 0.6 is 11.3 Å². The van der Waals surface area contributed by atoms with Gasteiger partial charge in [0.15, 0.2) is 0 Å². The summed E-state index contributed by atoms with van der Waals surface area (Å²) >= 11 is 1.68. The third kappa shape index (κ3) is 3.30. The lowest BCUT2D eigenvalue weighted by Gasteiger charge is -2.03. The van der Waals surface area contributed by atoms with Gasteiger partial charge in [0.05, 0.1) is 11.1 Å². The molecule has 0 aromatic carbocycles. The molecule has 0 unspecified atom stereocenters. The summed E-state index contributed by atoms with van der Waals surface area (Å²) < 4.78 is 0. The second kappa shape index (κ2) is 4.54. The number of nitrogens with zero attached hydrogens (tertiary/aromatic N) is 1. The van der Waals surface area contributed by atoms with Crippen LogP contribution < -0.4 is 5.32 Å². The van der Waals surface area contributed by atoms with E-state index in [1.54, 1.807) is 18.3 Å². The zero-order valence-corrected chi connectivity index (χ0v) is 8.19. The highest BCUT2D eigenvalue weighted by Crippen LogP contribution is 2.10. The summed E-state index contributed by atoms with van der Waals surface area (Å²) in [5, 5.41) is 13.2. The van der Waals surface area contributed by atoms with Gasteiger partial charge >= 0.3 is 0 Å². The molecule has 1 aromatic rings. The van der Waals surface area contributed by atoms with E-state index < -0.39 is 0 Å². The molecule has 4 heteroatoms. The second-order valence-corrected chi connectivity index (χ2v) is 4.14. The Morgan fingerprint density at radius 1 is 1.75 bits per heavy atom. The van der Waals surface area contributed by atoms with Crippen molar-refractivity contribution < 1.29 is 5.11 Å². The number of rotatable bonds is 4. The van der Waals surface area contributed by atoms with Gasteiger partial charge < -0.3 is 10.4 Å². The fraction of sp³-hybridized carbons (Fsp3) is 0.625. The molecule has 0 fully saturated rings. The van der Waals surface area contributed by atoms with Crippen LogP contribution in [-0.2, 0) is 6.54 Å². The van der Waals surface area contributed by atoms with Crippen LogP contribution in [0.25, 0.3) is 0 Å². The summed E-state index contributed by atoms with van der Waals surface area (Å²) in [5.74, 6) is 0. The van der Waals surface area contributed by atoms with Crippen LogP contribution in [0.1, 0.15) is 16.8 Å². The molecule has 1 atom stereocenters. The molecule has 1 rings (SSSR count). The minimum atomic E-state index is -0.279. The molecule has 0 bridgehead atoms. The fourth-order valence-electron chi connectivity index (χ4n) is 0.891. The van der Waals surface area contributed by atoms with E-state index in [-0.39, 0.29) is 6.10 Å². The maximum Gasteiger partial charge on any atom is 0.0897 e. The first-order valence-corrected chi connectivity index (χ1v) is 4.80. The number of aliphatic hydroxyl groups is 1. The van der Waals surface area contributed by atoms with Crippen LogP contribution in [0.4, 0.5) is 0 Å². The number of aromatic nitrogens is 1. The standard InChI is InChI=1S/C8H14N2OS/c1-6(11)3-9-4-8-5-10-7(2)12-8/h5-6,9,11H,3-4H2,1-2H3/t6-/m0/s1. The van der Waals surface area contributed by atoms with E-state index in [0.717, 1.165) is 11.6 Å². The maximum atomic E-state index is 8.96. The molecule has 0 radical (unpaired) electrons. The molecule has 2 N–H and O–H groups in total. The molecule has 0 aliphatic carbocycles. The quantitative estimate of drug-likeness (QED) is 0.735. The molecule has 0 aliphatic rings. The molecule has 0 aliphatic heterocycles. The topological polar surface area (TPSA) is 45.2 Å². The van der Waals surface area contributed by atoms with Crippen molar-refractivity contribution in [2.45, 2.75) is 26.5 Å². The summed E-state index contributed by atoms with van der Waals surface area (Å²) in [4.78, 5) is 5.35. The third-order valence-corrected chi connectivity index (χ3v) is 2.32. The van der Waals surface area contributed by atoms with Crippen LogP contribution in [0.3, 0.4) is 0 Å². The molecule has 1 heterocycles. The molecule has 0 saturated heterocycles. The monoisotopic (exact) mass is 186 g/mol. The number of thiazole rings is 1. The van der Waals surface area contributed by atoms with Gasteiger partial charge in [-0.2, -0.15) is 0 Å². The van der Waals surface area contributed by atoms with Crippen LogP contribution in [-0.4, -0.2) is 22.7 Å². The minimum Gasteiger partial charge on any atom is -0.392 e. The average molecular weight is 186 g/mol. The van der Waals surface area contributed by atoms with E-state index in [4.69, 9.17) is 5.11 Å². The lowest BCUT2D eigenvalue weighted by molar-refractivity contribution is 0.191. The SMILES string of the molecule is Cc1ncc(CNC[C@H](C)O)s1. The molecule has 1 aromatic heterocycles. The Labute approximate surface area is 76.5 Å². The van der Waals surface area contributed by atoms with E-state index >= 15 is 0 Å². The van der Waals surface area contributed by atoms with E-state index in [1.807, 2.05) is 13.1 Å². The van der Waals surface area contributed by atoms with Gasteiger partial charge in [0, 0.05) is 24.2 Å². The van der Waals surface area contributed by atoms with Crippen LogP contribution in [0.15, 0.2) is 6.20 Å². The van der Waals surface area contributed by atoms with Crippen molar-refractivity contribution in [2.75, 3.05) is 6.54 Å². The normalized spacial score (nSPS) is 13.2. The molecule has 12 heavy (non-hydrogen) atoms. The molecule has 0 saturated carbocycles. The summed E-state index contributed by atoms with van der Waals surface area (Å²) in [6.07, 6.45) is 1.59. The molecular formula is C8H14N2OS. The first-order valence-electron chi connectivity index (χ1n) is 3.98.